The molecule has 1 aromatic carbocycles. The molecule has 0 bridgehead atoms. The molecule has 2 rings (SSSR count). The number of aromatic nitrogens is 1. The molecule has 0 amide bonds. The molecule has 1 aromatic heterocycles. The van der Waals surface area contributed by atoms with Crippen molar-refractivity contribution >= 4 is 41.3 Å². The lowest BCUT2D eigenvalue weighted by molar-refractivity contribution is 0.146. The summed E-state index contributed by atoms with van der Waals surface area (Å²) in [6.07, 6.45) is 1.89. The van der Waals surface area contributed by atoms with E-state index in [4.69, 9.17) is 9.47 Å². The average Bonchev–Trinajstić information content (AvgIpc) is 3.03. The van der Waals surface area contributed by atoms with Gasteiger partial charge >= 0.3 is 0 Å². The standard InChI is InChI=1S/C18H26N4O2S.HI/c1-4-19-18(22-13-17-20-11-14(2)25-17)21-12-15-6-5-7-16(10-15)24-9-8-23-3;/h5-7,10-11H,4,8-9,12-13H2,1-3H3,(H2,19,21,22);1H. The summed E-state index contributed by atoms with van der Waals surface area (Å²) in [4.78, 5) is 10.2. The van der Waals surface area contributed by atoms with Crippen molar-refractivity contribution < 1.29 is 9.47 Å². The molecule has 0 saturated heterocycles. The number of guanidine groups is 1. The summed E-state index contributed by atoms with van der Waals surface area (Å²) in [5.74, 6) is 1.61. The zero-order valence-electron chi connectivity index (χ0n) is 15.4. The second-order valence-electron chi connectivity index (χ2n) is 5.40. The SMILES string of the molecule is CCNC(=NCc1cccc(OCCOC)c1)NCc1ncc(C)s1.I. The summed E-state index contributed by atoms with van der Waals surface area (Å²) in [5.41, 5.74) is 1.09. The van der Waals surface area contributed by atoms with Crippen LogP contribution in [0.5, 0.6) is 5.75 Å². The number of hydrogen-bond donors (Lipinski definition) is 2. The van der Waals surface area contributed by atoms with Gasteiger partial charge in [-0.3, -0.25) is 0 Å². The van der Waals surface area contributed by atoms with Crippen molar-refractivity contribution in [3.8, 4) is 5.75 Å². The Morgan fingerprint density at radius 3 is 2.81 bits per heavy atom. The third kappa shape index (κ3) is 8.33. The third-order valence-corrected chi connectivity index (χ3v) is 4.21. The summed E-state index contributed by atoms with van der Waals surface area (Å²) in [7, 11) is 1.66. The Bertz CT molecular complexity index is 679. The highest BCUT2D eigenvalue weighted by atomic mass is 127. The summed E-state index contributed by atoms with van der Waals surface area (Å²) in [6, 6.07) is 7.97. The lowest BCUT2D eigenvalue weighted by Gasteiger charge is -2.10. The molecule has 0 saturated carbocycles. The summed E-state index contributed by atoms with van der Waals surface area (Å²) in [5, 5.41) is 7.62. The molecule has 0 radical (unpaired) electrons. The molecule has 0 aliphatic heterocycles. The van der Waals surface area contributed by atoms with Gasteiger partial charge in [-0.2, -0.15) is 0 Å². The smallest absolute Gasteiger partial charge is 0.191 e. The lowest BCUT2D eigenvalue weighted by Crippen LogP contribution is -2.36. The van der Waals surface area contributed by atoms with E-state index in [0.29, 0.717) is 26.3 Å². The van der Waals surface area contributed by atoms with Gasteiger partial charge in [0.05, 0.1) is 19.7 Å². The van der Waals surface area contributed by atoms with Crippen LogP contribution < -0.4 is 15.4 Å². The number of ether oxygens (including phenoxy) is 2. The first-order valence-corrected chi connectivity index (χ1v) is 9.17. The number of nitrogens with one attached hydrogen (secondary N) is 2. The minimum absolute atomic E-state index is 0. The van der Waals surface area contributed by atoms with Crippen molar-refractivity contribution in [1.82, 2.24) is 15.6 Å². The minimum Gasteiger partial charge on any atom is -0.491 e. The number of halogens is 1. The minimum atomic E-state index is 0. The van der Waals surface area contributed by atoms with Crippen LogP contribution in [0.25, 0.3) is 0 Å². The maximum absolute atomic E-state index is 5.64. The van der Waals surface area contributed by atoms with Gasteiger partial charge < -0.3 is 20.1 Å². The molecular formula is C18H27IN4O2S. The Morgan fingerprint density at radius 2 is 2.12 bits per heavy atom. The van der Waals surface area contributed by atoms with Gasteiger partial charge in [-0.05, 0) is 31.5 Å². The van der Waals surface area contributed by atoms with Crippen LogP contribution in [0.4, 0.5) is 0 Å². The molecule has 0 unspecified atom stereocenters. The predicted molar refractivity (Wildman–Crippen MR) is 118 cm³/mol. The van der Waals surface area contributed by atoms with Crippen LogP contribution in [0, 0.1) is 6.92 Å². The van der Waals surface area contributed by atoms with E-state index in [2.05, 4.69) is 34.5 Å². The van der Waals surface area contributed by atoms with Crippen molar-refractivity contribution in [3.05, 3.63) is 45.9 Å². The van der Waals surface area contributed by atoms with Gasteiger partial charge in [0.25, 0.3) is 0 Å². The Morgan fingerprint density at radius 1 is 1.27 bits per heavy atom. The van der Waals surface area contributed by atoms with Crippen molar-refractivity contribution in [3.63, 3.8) is 0 Å². The molecule has 26 heavy (non-hydrogen) atoms. The quantitative estimate of drug-likeness (QED) is 0.244. The highest BCUT2D eigenvalue weighted by molar-refractivity contribution is 14.0. The molecule has 0 atom stereocenters. The molecule has 2 N–H and O–H groups in total. The first kappa shape index (κ1) is 22.7. The Kier molecular flexibility index (Phi) is 11.2. The zero-order chi connectivity index (χ0) is 17.9. The first-order valence-electron chi connectivity index (χ1n) is 8.35. The van der Waals surface area contributed by atoms with Crippen LogP contribution in [0.2, 0.25) is 0 Å². The van der Waals surface area contributed by atoms with Crippen molar-refractivity contribution in [1.29, 1.82) is 0 Å². The molecule has 144 valence electrons. The van der Waals surface area contributed by atoms with Crippen LogP contribution in [0.1, 0.15) is 22.4 Å². The van der Waals surface area contributed by atoms with Gasteiger partial charge in [-0.15, -0.1) is 35.3 Å². The number of aryl methyl sites for hydroxylation is 1. The Hall–Kier alpha value is -1.39. The molecule has 0 aliphatic carbocycles. The fourth-order valence-corrected chi connectivity index (χ4v) is 2.86. The largest absolute Gasteiger partial charge is 0.491 e. The topological polar surface area (TPSA) is 67.8 Å². The summed E-state index contributed by atoms with van der Waals surface area (Å²) >= 11 is 1.69. The maximum Gasteiger partial charge on any atom is 0.191 e. The monoisotopic (exact) mass is 490 g/mol. The fraction of sp³-hybridized carbons (Fsp3) is 0.444. The third-order valence-electron chi connectivity index (χ3n) is 3.29. The van der Waals surface area contributed by atoms with Crippen molar-refractivity contribution in [2.75, 3.05) is 26.9 Å². The zero-order valence-corrected chi connectivity index (χ0v) is 18.6. The number of hydrogen-bond acceptors (Lipinski definition) is 5. The van der Waals surface area contributed by atoms with Gasteiger partial charge in [0.2, 0.25) is 0 Å². The number of benzene rings is 1. The molecule has 1 heterocycles. The number of rotatable bonds is 9. The molecular weight excluding hydrogens is 463 g/mol. The number of thiazole rings is 1. The van der Waals surface area contributed by atoms with Crippen LogP contribution in [-0.2, 0) is 17.8 Å². The second kappa shape index (κ2) is 12.9. The highest BCUT2D eigenvalue weighted by Gasteiger charge is 2.02. The van der Waals surface area contributed by atoms with Gasteiger partial charge in [-0.1, -0.05) is 12.1 Å². The van der Waals surface area contributed by atoms with Crippen LogP contribution in [-0.4, -0.2) is 37.8 Å². The summed E-state index contributed by atoms with van der Waals surface area (Å²) in [6.45, 7) is 7.28. The van der Waals surface area contributed by atoms with E-state index < -0.39 is 0 Å². The van der Waals surface area contributed by atoms with Gasteiger partial charge in [-0.25, -0.2) is 9.98 Å². The van der Waals surface area contributed by atoms with E-state index in [1.807, 2.05) is 30.5 Å². The van der Waals surface area contributed by atoms with Crippen molar-refractivity contribution in [2.45, 2.75) is 26.9 Å². The predicted octanol–water partition coefficient (Wildman–Crippen LogP) is 3.35. The molecule has 0 fully saturated rings. The van der Waals surface area contributed by atoms with Gasteiger partial charge in [0.1, 0.15) is 17.4 Å². The van der Waals surface area contributed by atoms with Gasteiger partial charge in [0.15, 0.2) is 5.96 Å². The summed E-state index contributed by atoms with van der Waals surface area (Å²) < 4.78 is 10.6. The molecule has 8 heteroatoms. The van der Waals surface area contributed by atoms with Crippen LogP contribution in [0.3, 0.4) is 0 Å². The molecule has 0 aliphatic rings. The normalized spacial score (nSPS) is 11.0. The van der Waals surface area contributed by atoms with E-state index >= 15 is 0 Å². The van der Waals surface area contributed by atoms with Crippen molar-refractivity contribution in [2.24, 2.45) is 4.99 Å². The Balaban J connectivity index is 0.00000338. The maximum atomic E-state index is 5.64. The number of aliphatic imine (C=N–C) groups is 1. The molecule has 2 aromatic rings. The average molecular weight is 490 g/mol. The number of methoxy groups -OCH3 is 1. The van der Waals surface area contributed by atoms with Crippen LogP contribution in [0.15, 0.2) is 35.5 Å². The van der Waals surface area contributed by atoms with E-state index in [0.717, 1.165) is 28.8 Å². The lowest BCUT2D eigenvalue weighted by atomic mass is 10.2. The molecule has 6 nitrogen and oxygen atoms in total. The highest BCUT2D eigenvalue weighted by Crippen LogP contribution is 2.14. The second-order valence-corrected chi connectivity index (χ2v) is 6.72. The van der Waals surface area contributed by atoms with E-state index in [-0.39, 0.29) is 24.0 Å². The van der Waals surface area contributed by atoms with E-state index in [1.54, 1.807) is 18.4 Å². The fourth-order valence-electron chi connectivity index (χ4n) is 2.13. The van der Waals surface area contributed by atoms with E-state index in [1.165, 1.54) is 4.88 Å². The number of nitrogens with zero attached hydrogens (tertiary/aromatic N) is 2. The molecule has 0 spiro atoms. The van der Waals surface area contributed by atoms with Gasteiger partial charge in [0, 0.05) is 24.7 Å². The Labute approximate surface area is 176 Å². The van der Waals surface area contributed by atoms with E-state index in [9.17, 15) is 0 Å². The first-order chi connectivity index (χ1) is 12.2. The van der Waals surface area contributed by atoms with Crippen LogP contribution >= 0.6 is 35.3 Å².